The lowest BCUT2D eigenvalue weighted by molar-refractivity contribution is 0.133. The Morgan fingerprint density at radius 2 is 1.90 bits per heavy atom. The number of nitrogens with zero attached hydrogens (tertiary/aromatic N) is 4. The summed E-state index contributed by atoms with van der Waals surface area (Å²) in [6.45, 7) is 7.98. The normalized spacial score (nSPS) is 23.9. The maximum absolute atomic E-state index is 4.68. The van der Waals surface area contributed by atoms with Crippen LogP contribution in [0.1, 0.15) is 26.0 Å². The number of rotatable bonds is 3. The van der Waals surface area contributed by atoms with E-state index in [1.54, 1.807) is 23.7 Å². The molecule has 0 spiro atoms. The van der Waals surface area contributed by atoms with Crippen molar-refractivity contribution in [2.24, 2.45) is 11.8 Å². The van der Waals surface area contributed by atoms with E-state index >= 15 is 0 Å². The van der Waals surface area contributed by atoms with E-state index in [2.05, 4.69) is 39.1 Å². The van der Waals surface area contributed by atoms with Gasteiger partial charge in [-0.2, -0.15) is 0 Å². The Morgan fingerprint density at radius 1 is 1.20 bits per heavy atom. The maximum atomic E-state index is 4.68. The molecular weight excluding hydrogens is 268 g/mol. The van der Waals surface area contributed by atoms with Crippen LogP contribution in [0.2, 0.25) is 0 Å². The summed E-state index contributed by atoms with van der Waals surface area (Å²) in [5.41, 5.74) is 1.14. The molecule has 3 heterocycles. The number of hydrogen-bond acceptors (Lipinski definition) is 5. The van der Waals surface area contributed by atoms with Gasteiger partial charge in [-0.3, -0.25) is 4.90 Å². The number of piperidine rings is 1. The topological polar surface area (TPSA) is 41.9 Å². The molecule has 0 aliphatic carbocycles. The zero-order valence-corrected chi connectivity index (χ0v) is 12.8. The van der Waals surface area contributed by atoms with Crippen LogP contribution < -0.4 is 0 Å². The highest BCUT2D eigenvalue weighted by molar-refractivity contribution is 7.13. The first-order chi connectivity index (χ1) is 9.70. The molecule has 0 aromatic carbocycles. The molecule has 0 bridgehead atoms. The summed E-state index contributed by atoms with van der Waals surface area (Å²) >= 11 is 1.63. The fraction of sp³-hybridized carbons (Fsp3) is 0.533. The zero-order chi connectivity index (χ0) is 13.9. The molecule has 3 rings (SSSR count). The summed E-state index contributed by atoms with van der Waals surface area (Å²) in [4.78, 5) is 15.7. The summed E-state index contributed by atoms with van der Waals surface area (Å²) in [6, 6.07) is 1.83. The third kappa shape index (κ3) is 3.22. The Balaban J connectivity index is 1.68. The van der Waals surface area contributed by atoms with Gasteiger partial charge in [0.1, 0.15) is 0 Å². The van der Waals surface area contributed by atoms with Crippen LogP contribution in [0.3, 0.4) is 0 Å². The second kappa shape index (κ2) is 5.97. The van der Waals surface area contributed by atoms with Crippen LogP contribution in [-0.4, -0.2) is 32.9 Å². The minimum Gasteiger partial charge on any atom is -0.297 e. The van der Waals surface area contributed by atoms with E-state index in [9.17, 15) is 0 Å². The molecular formula is C15H20N4S. The van der Waals surface area contributed by atoms with E-state index < -0.39 is 0 Å². The molecule has 2 aromatic rings. The van der Waals surface area contributed by atoms with Crippen molar-refractivity contribution in [1.29, 1.82) is 0 Å². The number of hydrogen-bond donors (Lipinski definition) is 0. The van der Waals surface area contributed by atoms with Gasteiger partial charge in [0.15, 0.2) is 10.8 Å². The molecule has 20 heavy (non-hydrogen) atoms. The van der Waals surface area contributed by atoms with Gasteiger partial charge in [0.05, 0.1) is 5.69 Å². The van der Waals surface area contributed by atoms with E-state index in [1.165, 1.54) is 19.5 Å². The van der Waals surface area contributed by atoms with Crippen molar-refractivity contribution in [3.63, 3.8) is 0 Å². The first kappa shape index (κ1) is 13.6. The van der Waals surface area contributed by atoms with Crippen LogP contribution in [0.15, 0.2) is 23.8 Å². The van der Waals surface area contributed by atoms with E-state index in [1.807, 2.05) is 6.07 Å². The standard InChI is InChI=1S/C15H20N4S/c1-11-6-12(2)8-19(7-11)9-13-10-20-15(18-13)14-16-4-3-5-17-14/h3-5,10-12H,6-9H2,1-2H3/t11-,12-/m1/s1. The van der Waals surface area contributed by atoms with Crippen molar-refractivity contribution < 1.29 is 0 Å². The molecule has 106 valence electrons. The Kier molecular flexibility index (Phi) is 4.08. The highest BCUT2D eigenvalue weighted by Crippen LogP contribution is 2.24. The second-order valence-corrected chi connectivity index (χ2v) is 6.71. The molecule has 2 atom stereocenters. The van der Waals surface area contributed by atoms with Crippen molar-refractivity contribution in [2.75, 3.05) is 13.1 Å². The van der Waals surface area contributed by atoms with E-state index in [4.69, 9.17) is 0 Å². The van der Waals surface area contributed by atoms with Gasteiger partial charge < -0.3 is 0 Å². The largest absolute Gasteiger partial charge is 0.297 e. The molecule has 0 N–H and O–H groups in total. The monoisotopic (exact) mass is 288 g/mol. The average molecular weight is 288 g/mol. The van der Waals surface area contributed by atoms with Gasteiger partial charge in [-0.05, 0) is 24.3 Å². The SMILES string of the molecule is C[C@@H]1C[C@@H](C)CN(Cc2csc(-c3ncccn3)n2)C1. The predicted octanol–water partition coefficient (Wildman–Crippen LogP) is 3.08. The first-order valence-electron chi connectivity index (χ1n) is 7.15. The maximum Gasteiger partial charge on any atom is 0.188 e. The summed E-state index contributed by atoms with van der Waals surface area (Å²) in [5.74, 6) is 2.30. The van der Waals surface area contributed by atoms with Crippen LogP contribution in [-0.2, 0) is 6.54 Å². The highest BCUT2D eigenvalue weighted by Gasteiger charge is 2.22. The Labute approximate surface area is 123 Å². The van der Waals surface area contributed by atoms with Crippen molar-refractivity contribution in [2.45, 2.75) is 26.8 Å². The van der Waals surface area contributed by atoms with Crippen LogP contribution in [0, 0.1) is 11.8 Å². The number of likely N-dealkylation sites (tertiary alicyclic amines) is 1. The lowest BCUT2D eigenvalue weighted by Crippen LogP contribution is -2.38. The molecule has 4 nitrogen and oxygen atoms in total. The smallest absolute Gasteiger partial charge is 0.188 e. The van der Waals surface area contributed by atoms with E-state index in [0.29, 0.717) is 0 Å². The lowest BCUT2D eigenvalue weighted by Gasteiger charge is -2.34. The Morgan fingerprint density at radius 3 is 2.60 bits per heavy atom. The van der Waals surface area contributed by atoms with Crippen molar-refractivity contribution >= 4 is 11.3 Å². The molecule has 0 amide bonds. The second-order valence-electron chi connectivity index (χ2n) is 5.86. The van der Waals surface area contributed by atoms with Gasteiger partial charge in [-0.25, -0.2) is 15.0 Å². The van der Waals surface area contributed by atoms with Crippen LogP contribution in [0.4, 0.5) is 0 Å². The molecule has 1 aliphatic heterocycles. The molecule has 1 aliphatic rings. The molecule has 0 unspecified atom stereocenters. The summed E-state index contributed by atoms with van der Waals surface area (Å²) in [5, 5.41) is 3.05. The van der Waals surface area contributed by atoms with Crippen LogP contribution >= 0.6 is 11.3 Å². The van der Waals surface area contributed by atoms with Gasteiger partial charge in [-0.1, -0.05) is 13.8 Å². The minimum atomic E-state index is 0.726. The fourth-order valence-electron chi connectivity index (χ4n) is 3.04. The summed E-state index contributed by atoms with van der Waals surface area (Å²) < 4.78 is 0. The van der Waals surface area contributed by atoms with Crippen LogP contribution in [0.5, 0.6) is 0 Å². The summed E-state index contributed by atoms with van der Waals surface area (Å²) in [6.07, 6.45) is 4.87. The predicted molar refractivity (Wildman–Crippen MR) is 81.4 cm³/mol. The fourth-order valence-corrected chi connectivity index (χ4v) is 3.80. The molecule has 5 heteroatoms. The molecule has 0 saturated carbocycles. The Hall–Kier alpha value is -1.33. The van der Waals surface area contributed by atoms with Crippen molar-refractivity contribution in [3.8, 4) is 10.8 Å². The van der Waals surface area contributed by atoms with Crippen LogP contribution in [0.25, 0.3) is 10.8 Å². The quantitative estimate of drug-likeness (QED) is 0.870. The number of aromatic nitrogens is 3. The summed E-state index contributed by atoms with van der Waals surface area (Å²) in [7, 11) is 0. The number of thiazole rings is 1. The highest BCUT2D eigenvalue weighted by atomic mass is 32.1. The minimum absolute atomic E-state index is 0.726. The zero-order valence-electron chi connectivity index (χ0n) is 12.0. The van der Waals surface area contributed by atoms with E-state index in [0.717, 1.165) is 34.9 Å². The van der Waals surface area contributed by atoms with Crippen molar-refractivity contribution in [3.05, 3.63) is 29.5 Å². The third-order valence-corrected chi connectivity index (χ3v) is 4.53. The average Bonchev–Trinajstić information content (AvgIpc) is 2.87. The Bertz CT molecular complexity index is 544. The molecule has 2 aromatic heterocycles. The van der Waals surface area contributed by atoms with Gasteiger partial charge >= 0.3 is 0 Å². The third-order valence-electron chi connectivity index (χ3n) is 3.64. The van der Waals surface area contributed by atoms with Crippen molar-refractivity contribution in [1.82, 2.24) is 19.9 Å². The van der Waals surface area contributed by atoms with Gasteiger partial charge in [0.25, 0.3) is 0 Å². The molecule has 1 fully saturated rings. The van der Waals surface area contributed by atoms with Gasteiger partial charge in [0.2, 0.25) is 0 Å². The van der Waals surface area contributed by atoms with Gasteiger partial charge in [0, 0.05) is 37.4 Å². The van der Waals surface area contributed by atoms with E-state index in [-0.39, 0.29) is 0 Å². The van der Waals surface area contributed by atoms with Gasteiger partial charge in [-0.15, -0.1) is 11.3 Å². The lowest BCUT2D eigenvalue weighted by atomic mass is 9.92. The molecule has 0 radical (unpaired) electrons. The molecule has 1 saturated heterocycles. The first-order valence-corrected chi connectivity index (χ1v) is 8.03.